The fourth-order valence-corrected chi connectivity index (χ4v) is 10.7. The molecular formula is C27H32FNO8P2. The summed E-state index contributed by atoms with van der Waals surface area (Å²) in [6.45, 7) is 8.77. The van der Waals surface area contributed by atoms with Crippen molar-refractivity contribution in [2.45, 2.75) is 70.9 Å². The number of hydrogen-bond donors (Lipinski definition) is 0. The molecule has 0 N–H and O–H groups in total. The smallest absolute Gasteiger partial charge is 0.350 e. The summed E-state index contributed by atoms with van der Waals surface area (Å²) in [6, 6.07) is 13.5. The number of benzene rings is 2. The molecule has 2 aromatic carbocycles. The molecule has 39 heavy (non-hydrogen) atoms. The third kappa shape index (κ3) is 5.64. The Kier molecular flexibility index (Phi) is 7.90. The van der Waals surface area contributed by atoms with Crippen molar-refractivity contribution in [3.05, 3.63) is 71.4 Å². The summed E-state index contributed by atoms with van der Waals surface area (Å²) in [5.74, 6) is 0.418. The summed E-state index contributed by atoms with van der Waals surface area (Å²) in [5.41, 5.74) is 1.69. The molecular weight excluding hydrogens is 547 g/mol. The van der Waals surface area contributed by atoms with E-state index >= 15 is 4.39 Å². The van der Waals surface area contributed by atoms with Crippen LogP contribution >= 0.6 is 15.2 Å². The minimum absolute atomic E-state index is 0.0246. The van der Waals surface area contributed by atoms with Crippen LogP contribution in [0.25, 0.3) is 11.5 Å². The van der Waals surface area contributed by atoms with E-state index in [2.05, 4.69) is 4.98 Å². The number of nitrogens with zero attached hydrogens (tertiary/aromatic N) is 1. The van der Waals surface area contributed by atoms with Gasteiger partial charge in [0.2, 0.25) is 5.89 Å². The molecule has 0 bridgehead atoms. The fraction of sp³-hybridized carbons (Fsp3) is 0.444. The minimum atomic E-state index is -4.05. The molecule has 0 amide bonds. The predicted molar refractivity (Wildman–Crippen MR) is 142 cm³/mol. The summed E-state index contributed by atoms with van der Waals surface area (Å²) < 4.78 is 77.2. The van der Waals surface area contributed by atoms with E-state index in [9.17, 15) is 9.13 Å². The van der Waals surface area contributed by atoms with E-state index in [1.54, 1.807) is 27.7 Å². The maximum Gasteiger partial charge on any atom is 0.350 e. The largest absolute Gasteiger partial charge is 0.490 e. The molecule has 9 nitrogen and oxygen atoms in total. The zero-order valence-corrected chi connectivity index (χ0v) is 24.2. The Bertz CT molecular complexity index is 1360. The maximum absolute atomic E-state index is 15.3. The van der Waals surface area contributed by atoms with Crippen LogP contribution in [-0.4, -0.2) is 36.0 Å². The lowest BCUT2D eigenvalue weighted by Gasteiger charge is -2.26. The van der Waals surface area contributed by atoms with Crippen molar-refractivity contribution in [2.24, 2.45) is 0 Å². The second-order valence-corrected chi connectivity index (χ2v) is 14.3. The van der Waals surface area contributed by atoms with Crippen LogP contribution in [-0.2, 0) is 33.6 Å². The molecule has 3 aromatic rings. The molecule has 6 atom stereocenters. The number of halogens is 1. The van der Waals surface area contributed by atoms with Crippen molar-refractivity contribution in [1.82, 2.24) is 4.98 Å². The lowest BCUT2D eigenvalue weighted by molar-refractivity contribution is 0.187. The van der Waals surface area contributed by atoms with Crippen molar-refractivity contribution in [2.75, 3.05) is 6.61 Å². The van der Waals surface area contributed by atoms with Crippen molar-refractivity contribution >= 4 is 15.2 Å². The predicted octanol–water partition coefficient (Wildman–Crippen LogP) is 7.44. The van der Waals surface area contributed by atoms with E-state index in [1.165, 1.54) is 12.1 Å². The summed E-state index contributed by atoms with van der Waals surface area (Å²) in [4.78, 5) is 4.54. The topological polar surface area (TPSA) is 106 Å². The Morgan fingerprint density at radius 3 is 2.00 bits per heavy atom. The van der Waals surface area contributed by atoms with Gasteiger partial charge in [-0.2, -0.15) is 0 Å². The second-order valence-electron chi connectivity index (χ2n) is 9.87. The Labute approximate surface area is 227 Å². The number of hydrogen-bond acceptors (Lipinski definition) is 9. The number of aromatic nitrogens is 1. The average Bonchev–Trinajstić information content (AvgIpc) is 3.47. The molecule has 2 unspecified atom stereocenters. The molecule has 2 aliphatic heterocycles. The van der Waals surface area contributed by atoms with Gasteiger partial charge >= 0.3 is 15.2 Å². The van der Waals surface area contributed by atoms with Gasteiger partial charge in [0, 0.05) is 12.0 Å². The van der Waals surface area contributed by atoms with Crippen LogP contribution in [0.15, 0.2) is 52.9 Å². The molecule has 12 heteroatoms. The van der Waals surface area contributed by atoms with Gasteiger partial charge in [0.15, 0.2) is 17.0 Å². The van der Waals surface area contributed by atoms with Gasteiger partial charge in [0.1, 0.15) is 5.76 Å². The molecule has 2 saturated heterocycles. The van der Waals surface area contributed by atoms with Gasteiger partial charge in [-0.15, -0.1) is 0 Å². The van der Waals surface area contributed by atoms with Gasteiger partial charge in [-0.25, -0.2) is 9.37 Å². The third-order valence-electron chi connectivity index (χ3n) is 6.94. The fourth-order valence-electron chi connectivity index (χ4n) is 4.51. The SMILES string of the molecule is Cc1oc(-c2ccccc2)nc1CCOc1ccc(C(P2(=O)O[C@@H](C)[C@@H](C)O2)P2(=O)O[C@@H](C)[C@@H](C)O2)cc1F. The highest BCUT2D eigenvalue weighted by Gasteiger charge is 2.60. The highest BCUT2D eigenvalue weighted by atomic mass is 31.2. The normalized spacial score (nSPS) is 31.4. The molecule has 2 fully saturated rings. The van der Waals surface area contributed by atoms with Crippen LogP contribution in [0.2, 0.25) is 0 Å². The van der Waals surface area contributed by atoms with Crippen molar-refractivity contribution < 1.29 is 40.8 Å². The molecule has 0 radical (unpaired) electrons. The minimum Gasteiger partial charge on any atom is -0.490 e. The van der Waals surface area contributed by atoms with Crippen LogP contribution in [0.5, 0.6) is 5.75 Å². The van der Waals surface area contributed by atoms with Gasteiger partial charge in [-0.1, -0.05) is 24.3 Å². The highest BCUT2D eigenvalue weighted by molar-refractivity contribution is 7.72. The second kappa shape index (κ2) is 10.9. The molecule has 5 rings (SSSR count). The van der Waals surface area contributed by atoms with Gasteiger partial charge in [-0.05, 0) is 64.4 Å². The van der Waals surface area contributed by atoms with Gasteiger partial charge in [-0.3, -0.25) is 9.13 Å². The third-order valence-corrected chi connectivity index (χ3v) is 12.9. The summed E-state index contributed by atoms with van der Waals surface area (Å²) in [7, 11) is -8.09. The molecule has 0 aliphatic carbocycles. The molecule has 0 spiro atoms. The van der Waals surface area contributed by atoms with E-state index in [4.69, 9.17) is 27.2 Å². The zero-order chi connectivity index (χ0) is 27.9. The number of rotatable bonds is 8. The van der Waals surface area contributed by atoms with Gasteiger partial charge < -0.3 is 27.2 Å². The molecule has 210 valence electrons. The molecule has 1 aromatic heterocycles. The van der Waals surface area contributed by atoms with Crippen molar-refractivity contribution in [1.29, 1.82) is 0 Å². The Hall–Kier alpha value is -2.32. The quantitative estimate of drug-likeness (QED) is 0.252. The lowest BCUT2D eigenvalue weighted by atomic mass is 10.2. The van der Waals surface area contributed by atoms with E-state index < -0.39 is 50.8 Å². The van der Waals surface area contributed by atoms with Crippen molar-refractivity contribution in [3.63, 3.8) is 0 Å². The zero-order valence-electron chi connectivity index (χ0n) is 22.4. The number of ether oxygens (including phenoxy) is 1. The number of aryl methyl sites for hydroxylation is 1. The first-order valence-corrected chi connectivity index (χ1v) is 16.1. The monoisotopic (exact) mass is 579 g/mol. The Balaban J connectivity index is 1.34. The number of oxazole rings is 1. The first kappa shape index (κ1) is 28.2. The first-order valence-electron chi connectivity index (χ1n) is 12.9. The molecule has 0 saturated carbocycles. The molecule has 2 aliphatic rings. The first-order chi connectivity index (χ1) is 18.5. The van der Waals surface area contributed by atoms with E-state index in [1.807, 2.05) is 37.3 Å². The van der Waals surface area contributed by atoms with Crippen LogP contribution in [0.1, 0.15) is 50.1 Å². The van der Waals surface area contributed by atoms with Crippen LogP contribution in [0, 0.1) is 12.7 Å². The van der Waals surface area contributed by atoms with E-state index in [-0.39, 0.29) is 17.9 Å². The summed E-state index contributed by atoms with van der Waals surface area (Å²) in [5, 5.41) is -1.44. The maximum atomic E-state index is 15.3. The molecule has 3 heterocycles. The van der Waals surface area contributed by atoms with E-state index in [0.717, 1.165) is 11.6 Å². The standard InChI is InChI=1S/C27H32FNO8P2/c1-16-17(2)35-38(30,34-16)27(39(31)36-18(3)19(4)37-39)22-11-12-25(23(28)15-22)32-14-13-24-20(5)33-26(29-24)21-9-7-6-8-10-21/h6-12,15-19,27H,13-14H2,1-5H3/t16-,17+,18-,19+,27?,38?,39?. The lowest BCUT2D eigenvalue weighted by Crippen LogP contribution is -2.13. The van der Waals surface area contributed by atoms with Crippen LogP contribution in [0.3, 0.4) is 0 Å². The Morgan fingerprint density at radius 2 is 1.46 bits per heavy atom. The summed E-state index contributed by atoms with van der Waals surface area (Å²) >= 11 is 0. The summed E-state index contributed by atoms with van der Waals surface area (Å²) in [6.07, 6.45) is -1.67. The van der Waals surface area contributed by atoms with Crippen molar-refractivity contribution in [3.8, 4) is 17.2 Å². The van der Waals surface area contributed by atoms with E-state index in [0.29, 0.717) is 23.8 Å². The van der Waals surface area contributed by atoms with Gasteiger partial charge in [0.05, 0.1) is 36.7 Å². The van der Waals surface area contributed by atoms with Crippen LogP contribution < -0.4 is 4.74 Å². The highest BCUT2D eigenvalue weighted by Crippen LogP contribution is 2.82. The Morgan fingerprint density at radius 1 is 0.897 bits per heavy atom. The van der Waals surface area contributed by atoms with Crippen LogP contribution in [0.4, 0.5) is 4.39 Å². The average molecular weight is 579 g/mol. The van der Waals surface area contributed by atoms with Gasteiger partial charge in [0.25, 0.3) is 0 Å².